The molecule has 15 heavy (non-hydrogen) atoms. The van der Waals surface area contributed by atoms with Crippen molar-refractivity contribution in [2.24, 2.45) is 5.73 Å². The SMILES string of the molecule is C[C@H](S)C(=O)N[C@@H](CCC(N)=O)C(=O)O. The van der Waals surface area contributed by atoms with Gasteiger partial charge in [-0.2, -0.15) is 12.6 Å². The van der Waals surface area contributed by atoms with E-state index in [1.54, 1.807) is 0 Å². The number of hydrogen-bond acceptors (Lipinski definition) is 4. The van der Waals surface area contributed by atoms with Crippen molar-refractivity contribution in [3.63, 3.8) is 0 Å². The number of carbonyl (C=O) groups is 3. The van der Waals surface area contributed by atoms with Gasteiger partial charge in [-0.3, -0.25) is 9.59 Å². The summed E-state index contributed by atoms with van der Waals surface area (Å²) in [7, 11) is 0. The Balaban J connectivity index is 4.22. The van der Waals surface area contributed by atoms with E-state index in [4.69, 9.17) is 10.8 Å². The standard InChI is InChI=1S/C8H14N2O4S/c1-4(15)7(12)10-5(8(13)14)2-3-6(9)11/h4-5,15H,2-3H2,1H3,(H2,9,11)(H,10,12)(H,13,14)/t4-,5-/m0/s1. The molecular formula is C8H14N2O4S. The Morgan fingerprint density at radius 1 is 1.47 bits per heavy atom. The Morgan fingerprint density at radius 2 is 2.00 bits per heavy atom. The third kappa shape index (κ3) is 5.95. The number of hydrogen-bond donors (Lipinski definition) is 4. The number of nitrogens with one attached hydrogen (secondary N) is 1. The summed E-state index contributed by atoms with van der Waals surface area (Å²) in [5.74, 6) is -2.29. The molecule has 2 atom stereocenters. The van der Waals surface area contributed by atoms with Gasteiger partial charge in [-0.15, -0.1) is 0 Å². The summed E-state index contributed by atoms with van der Waals surface area (Å²) in [4.78, 5) is 32.3. The van der Waals surface area contributed by atoms with Crippen LogP contribution in [0, 0.1) is 0 Å². The van der Waals surface area contributed by atoms with Gasteiger partial charge < -0.3 is 16.2 Å². The molecule has 0 aliphatic heterocycles. The molecule has 0 aliphatic rings. The number of carbonyl (C=O) groups excluding carboxylic acids is 2. The van der Waals surface area contributed by atoms with Crippen molar-refractivity contribution < 1.29 is 19.5 Å². The largest absolute Gasteiger partial charge is 0.480 e. The summed E-state index contributed by atoms with van der Waals surface area (Å²) < 4.78 is 0. The molecule has 0 aliphatic carbocycles. The van der Waals surface area contributed by atoms with E-state index >= 15 is 0 Å². The maximum absolute atomic E-state index is 11.1. The average molecular weight is 234 g/mol. The number of amides is 2. The Kier molecular flexibility index (Phi) is 5.76. The lowest BCUT2D eigenvalue weighted by Gasteiger charge is -2.14. The predicted octanol–water partition coefficient (Wildman–Crippen LogP) is -0.860. The lowest BCUT2D eigenvalue weighted by Crippen LogP contribution is -2.44. The highest BCUT2D eigenvalue weighted by Gasteiger charge is 2.21. The number of nitrogens with two attached hydrogens (primary N) is 1. The third-order valence-corrected chi connectivity index (χ3v) is 1.91. The van der Waals surface area contributed by atoms with Crippen LogP contribution < -0.4 is 11.1 Å². The number of primary amides is 1. The second-order valence-electron chi connectivity index (χ2n) is 3.08. The van der Waals surface area contributed by atoms with Gasteiger partial charge in [0, 0.05) is 6.42 Å². The fraction of sp³-hybridized carbons (Fsp3) is 0.625. The van der Waals surface area contributed by atoms with Crippen molar-refractivity contribution in [3.8, 4) is 0 Å². The minimum absolute atomic E-state index is 0.0170. The van der Waals surface area contributed by atoms with Crippen LogP contribution in [0.15, 0.2) is 0 Å². The van der Waals surface area contributed by atoms with Crippen LogP contribution in [-0.2, 0) is 14.4 Å². The highest BCUT2D eigenvalue weighted by atomic mass is 32.1. The van der Waals surface area contributed by atoms with Gasteiger partial charge in [0.1, 0.15) is 6.04 Å². The topological polar surface area (TPSA) is 109 Å². The lowest BCUT2D eigenvalue weighted by atomic mass is 10.1. The third-order valence-electron chi connectivity index (χ3n) is 1.67. The first-order valence-corrected chi connectivity index (χ1v) is 4.85. The Morgan fingerprint density at radius 3 is 2.33 bits per heavy atom. The van der Waals surface area contributed by atoms with Crippen molar-refractivity contribution in [2.75, 3.05) is 0 Å². The van der Waals surface area contributed by atoms with Gasteiger partial charge >= 0.3 is 5.97 Å². The molecule has 0 saturated heterocycles. The molecular weight excluding hydrogens is 220 g/mol. The molecule has 0 rings (SSSR count). The highest BCUT2D eigenvalue weighted by molar-refractivity contribution is 7.81. The molecule has 0 aromatic rings. The first kappa shape index (κ1) is 13.8. The summed E-state index contributed by atoms with van der Waals surface area (Å²) in [6, 6.07) is -1.10. The second kappa shape index (κ2) is 6.28. The van der Waals surface area contributed by atoms with Gasteiger partial charge in [0.2, 0.25) is 11.8 Å². The first-order valence-electron chi connectivity index (χ1n) is 4.34. The van der Waals surface area contributed by atoms with Crippen molar-refractivity contribution >= 4 is 30.4 Å². The van der Waals surface area contributed by atoms with E-state index in [0.29, 0.717) is 0 Å². The fourth-order valence-corrected chi connectivity index (χ4v) is 0.911. The number of carboxylic acid groups (broad SMARTS) is 1. The summed E-state index contributed by atoms with van der Waals surface area (Å²) >= 11 is 3.85. The molecule has 0 saturated carbocycles. The molecule has 7 heteroatoms. The molecule has 0 heterocycles. The summed E-state index contributed by atoms with van der Waals surface area (Å²) in [6.45, 7) is 1.52. The van der Waals surface area contributed by atoms with E-state index in [1.165, 1.54) is 6.92 Å². The van der Waals surface area contributed by atoms with Crippen LogP contribution in [0.25, 0.3) is 0 Å². The number of rotatable bonds is 6. The molecule has 4 N–H and O–H groups in total. The molecule has 0 aromatic carbocycles. The van der Waals surface area contributed by atoms with Crippen LogP contribution in [0.3, 0.4) is 0 Å². The predicted molar refractivity (Wildman–Crippen MR) is 56.4 cm³/mol. The van der Waals surface area contributed by atoms with E-state index in [0.717, 1.165) is 0 Å². The molecule has 2 amide bonds. The highest BCUT2D eigenvalue weighted by Crippen LogP contribution is 2.00. The number of thiol groups is 1. The smallest absolute Gasteiger partial charge is 0.326 e. The van der Waals surface area contributed by atoms with Crippen LogP contribution in [0.4, 0.5) is 0 Å². The molecule has 0 fully saturated rings. The van der Waals surface area contributed by atoms with E-state index < -0.39 is 29.1 Å². The summed E-state index contributed by atoms with van der Waals surface area (Å²) in [5, 5.41) is 10.4. The Hall–Kier alpha value is -1.24. The van der Waals surface area contributed by atoms with Gasteiger partial charge in [-0.05, 0) is 13.3 Å². The monoisotopic (exact) mass is 234 g/mol. The maximum atomic E-state index is 11.1. The van der Waals surface area contributed by atoms with E-state index in [1.807, 2.05) is 0 Å². The van der Waals surface area contributed by atoms with E-state index in [-0.39, 0.29) is 12.8 Å². The molecule has 86 valence electrons. The van der Waals surface area contributed by atoms with Crippen molar-refractivity contribution in [3.05, 3.63) is 0 Å². The van der Waals surface area contributed by atoms with Gasteiger partial charge in [0.15, 0.2) is 0 Å². The molecule has 0 bridgehead atoms. The van der Waals surface area contributed by atoms with Crippen LogP contribution in [0.5, 0.6) is 0 Å². The maximum Gasteiger partial charge on any atom is 0.326 e. The molecule has 0 radical (unpaired) electrons. The minimum Gasteiger partial charge on any atom is -0.480 e. The second-order valence-corrected chi connectivity index (χ2v) is 3.85. The van der Waals surface area contributed by atoms with E-state index in [2.05, 4.69) is 17.9 Å². The summed E-state index contributed by atoms with van der Waals surface area (Å²) in [6.07, 6.45) is -0.102. The van der Waals surface area contributed by atoms with Crippen LogP contribution >= 0.6 is 12.6 Å². The molecule has 0 unspecified atom stereocenters. The quantitative estimate of drug-likeness (QED) is 0.448. The first-order chi connectivity index (χ1) is 6.84. The average Bonchev–Trinajstić information content (AvgIpc) is 2.10. The zero-order valence-electron chi connectivity index (χ0n) is 8.27. The van der Waals surface area contributed by atoms with E-state index in [9.17, 15) is 14.4 Å². The zero-order chi connectivity index (χ0) is 12.0. The Labute approximate surface area is 92.6 Å². The van der Waals surface area contributed by atoms with Gasteiger partial charge in [-0.1, -0.05) is 0 Å². The van der Waals surface area contributed by atoms with Crippen molar-refractivity contribution in [1.82, 2.24) is 5.32 Å². The number of aliphatic carboxylic acids is 1. The van der Waals surface area contributed by atoms with Crippen LogP contribution in [0.2, 0.25) is 0 Å². The normalized spacial score (nSPS) is 14.0. The lowest BCUT2D eigenvalue weighted by molar-refractivity contribution is -0.142. The molecule has 6 nitrogen and oxygen atoms in total. The Bertz CT molecular complexity index is 267. The van der Waals surface area contributed by atoms with Gasteiger partial charge in [-0.25, -0.2) is 4.79 Å². The van der Waals surface area contributed by atoms with Crippen molar-refractivity contribution in [2.45, 2.75) is 31.1 Å². The van der Waals surface area contributed by atoms with Gasteiger partial charge in [0.25, 0.3) is 0 Å². The van der Waals surface area contributed by atoms with Crippen LogP contribution in [-0.4, -0.2) is 34.2 Å². The zero-order valence-corrected chi connectivity index (χ0v) is 9.16. The molecule has 0 spiro atoms. The summed E-state index contributed by atoms with van der Waals surface area (Å²) in [5.41, 5.74) is 4.87. The van der Waals surface area contributed by atoms with Crippen molar-refractivity contribution in [1.29, 1.82) is 0 Å². The fourth-order valence-electron chi connectivity index (χ4n) is 0.836. The van der Waals surface area contributed by atoms with Crippen LogP contribution in [0.1, 0.15) is 19.8 Å². The van der Waals surface area contributed by atoms with Gasteiger partial charge in [0.05, 0.1) is 5.25 Å². The number of carboxylic acids is 1. The molecule has 0 aromatic heterocycles. The minimum atomic E-state index is -1.20.